The fraction of sp³-hybridized carbons (Fsp3) is 0.400. The van der Waals surface area contributed by atoms with E-state index in [9.17, 15) is 13.2 Å². The van der Waals surface area contributed by atoms with Crippen molar-refractivity contribution in [2.45, 2.75) is 32.2 Å². The molecular weight excluding hydrogens is 297 g/mol. The van der Waals surface area contributed by atoms with Crippen LogP contribution in [0.4, 0.5) is 13.2 Å². The van der Waals surface area contributed by atoms with Crippen LogP contribution in [0, 0.1) is 17.5 Å². The van der Waals surface area contributed by atoms with E-state index in [1.807, 2.05) is 26.2 Å². The fourth-order valence-electron chi connectivity index (χ4n) is 1.94. The summed E-state index contributed by atoms with van der Waals surface area (Å²) in [5, 5.41) is 5.58. The Kier molecular flexibility index (Phi) is 4.39. The summed E-state index contributed by atoms with van der Waals surface area (Å²) in [6.45, 7) is 6.12. The van der Waals surface area contributed by atoms with Gasteiger partial charge in [-0.25, -0.2) is 18.2 Å². The predicted octanol–water partition coefficient (Wildman–Crippen LogP) is 4.17. The second kappa shape index (κ2) is 5.77. The Bertz CT molecular complexity index is 624. The van der Waals surface area contributed by atoms with Gasteiger partial charge in [-0.2, -0.15) is 0 Å². The maximum absolute atomic E-state index is 13.4. The van der Waals surface area contributed by atoms with Crippen LogP contribution < -0.4 is 5.32 Å². The third-order valence-electron chi connectivity index (χ3n) is 3.17. The lowest BCUT2D eigenvalue weighted by atomic mass is 9.93. The molecule has 0 spiro atoms. The van der Waals surface area contributed by atoms with Gasteiger partial charge in [0.1, 0.15) is 5.01 Å². The summed E-state index contributed by atoms with van der Waals surface area (Å²) in [5.74, 6) is -3.85. The van der Waals surface area contributed by atoms with Crippen molar-refractivity contribution in [3.05, 3.63) is 51.2 Å². The molecule has 0 aliphatic carbocycles. The van der Waals surface area contributed by atoms with E-state index in [1.54, 1.807) is 7.05 Å². The molecule has 0 aliphatic rings. The van der Waals surface area contributed by atoms with Crippen LogP contribution in [0.2, 0.25) is 0 Å². The molecular formula is C15H17F3N2S. The van der Waals surface area contributed by atoms with Gasteiger partial charge in [0.25, 0.3) is 0 Å². The lowest BCUT2D eigenvalue weighted by Crippen LogP contribution is -2.19. The second-order valence-corrected chi connectivity index (χ2v) is 6.73. The molecule has 2 nitrogen and oxygen atoms in total. The van der Waals surface area contributed by atoms with Gasteiger partial charge >= 0.3 is 0 Å². The maximum atomic E-state index is 13.4. The summed E-state index contributed by atoms with van der Waals surface area (Å²) >= 11 is 1.41. The summed E-state index contributed by atoms with van der Waals surface area (Å²) in [6.07, 6.45) is 0. The van der Waals surface area contributed by atoms with E-state index in [-0.39, 0.29) is 5.41 Å². The van der Waals surface area contributed by atoms with Crippen LogP contribution in [0.3, 0.4) is 0 Å². The van der Waals surface area contributed by atoms with Crippen molar-refractivity contribution in [2.24, 2.45) is 0 Å². The van der Waals surface area contributed by atoms with Gasteiger partial charge in [0.15, 0.2) is 17.5 Å². The minimum absolute atomic E-state index is 0.105. The Balaban J connectivity index is 2.43. The largest absolute Gasteiger partial charge is 0.307 e. The summed E-state index contributed by atoms with van der Waals surface area (Å²) in [5.41, 5.74) is 1.11. The molecule has 0 saturated heterocycles. The number of thiazole rings is 1. The van der Waals surface area contributed by atoms with Crippen LogP contribution in [0.5, 0.6) is 0 Å². The van der Waals surface area contributed by atoms with Crippen molar-refractivity contribution < 1.29 is 13.2 Å². The van der Waals surface area contributed by atoms with E-state index >= 15 is 0 Å². The van der Waals surface area contributed by atoms with E-state index < -0.39 is 23.5 Å². The van der Waals surface area contributed by atoms with Crippen molar-refractivity contribution in [1.29, 1.82) is 0 Å². The van der Waals surface area contributed by atoms with Gasteiger partial charge in [-0.1, -0.05) is 20.8 Å². The minimum atomic E-state index is -1.46. The van der Waals surface area contributed by atoms with Crippen LogP contribution >= 0.6 is 11.3 Å². The van der Waals surface area contributed by atoms with Gasteiger partial charge in [-0.05, 0) is 24.7 Å². The molecule has 1 aromatic carbocycles. The van der Waals surface area contributed by atoms with Crippen molar-refractivity contribution in [2.75, 3.05) is 7.05 Å². The first kappa shape index (κ1) is 16.0. The average Bonchev–Trinajstić information content (AvgIpc) is 2.86. The molecule has 0 radical (unpaired) electrons. The van der Waals surface area contributed by atoms with E-state index in [1.165, 1.54) is 11.3 Å². The maximum Gasteiger partial charge on any atom is 0.194 e. The Morgan fingerprint density at radius 1 is 1.14 bits per heavy atom. The molecule has 2 rings (SSSR count). The third kappa shape index (κ3) is 3.27. The summed E-state index contributed by atoms with van der Waals surface area (Å²) < 4.78 is 39.8. The number of halogens is 3. The number of benzene rings is 1. The Labute approximate surface area is 126 Å². The Morgan fingerprint density at radius 2 is 1.71 bits per heavy atom. The molecule has 0 fully saturated rings. The molecule has 0 aliphatic heterocycles. The fourth-order valence-corrected chi connectivity index (χ4v) is 3.12. The van der Waals surface area contributed by atoms with Crippen molar-refractivity contribution >= 4 is 11.3 Å². The predicted molar refractivity (Wildman–Crippen MR) is 78.0 cm³/mol. The Morgan fingerprint density at radius 3 is 2.14 bits per heavy atom. The quantitative estimate of drug-likeness (QED) is 0.860. The number of hydrogen-bond acceptors (Lipinski definition) is 3. The first-order valence-corrected chi connectivity index (χ1v) is 7.39. The number of aromatic nitrogens is 1. The van der Waals surface area contributed by atoms with Crippen molar-refractivity contribution in [3.63, 3.8) is 0 Å². The molecule has 2 aromatic rings. The van der Waals surface area contributed by atoms with Gasteiger partial charge in [0, 0.05) is 10.8 Å². The number of nitrogens with zero attached hydrogens (tertiary/aromatic N) is 1. The van der Waals surface area contributed by atoms with E-state index in [0.717, 1.165) is 17.8 Å². The minimum Gasteiger partial charge on any atom is -0.307 e. The van der Waals surface area contributed by atoms with Crippen molar-refractivity contribution in [3.8, 4) is 0 Å². The lowest BCUT2D eigenvalue weighted by Gasteiger charge is -2.16. The van der Waals surface area contributed by atoms with Crippen LogP contribution in [-0.2, 0) is 5.41 Å². The molecule has 1 unspecified atom stereocenters. The highest BCUT2D eigenvalue weighted by Gasteiger charge is 2.23. The molecule has 6 heteroatoms. The standard InChI is InChI=1S/C15H17F3N2S/c1-15(2,3)11-7-21-14(20-11)13(19-4)8-5-9(16)12(18)10(17)6-8/h5-7,13,19H,1-4H3. The highest BCUT2D eigenvalue weighted by molar-refractivity contribution is 7.09. The Hall–Kier alpha value is -1.40. The monoisotopic (exact) mass is 314 g/mol. The molecule has 21 heavy (non-hydrogen) atoms. The first-order chi connectivity index (χ1) is 9.74. The number of hydrogen-bond donors (Lipinski definition) is 1. The highest BCUT2D eigenvalue weighted by atomic mass is 32.1. The van der Waals surface area contributed by atoms with Gasteiger partial charge < -0.3 is 5.32 Å². The molecule has 0 saturated carbocycles. The average molecular weight is 314 g/mol. The molecule has 1 aromatic heterocycles. The molecule has 0 bridgehead atoms. The lowest BCUT2D eigenvalue weighted by molar-refractivity contribution is 0.443. The van der Waals surface area contributed by atoms with Crippen LogP contribution in [0.25, 0.3) is 0 Å². The summed E-state index contributed by atoms with van der Waals surface area (Å²) in [4.78, 5) is 4.53. The number of nitrogens with one attached hydrogen (secondary N) is 1. The topological polar surface area (TPSA) is 24.9 Å². The summed E-state index contributed by atoms with van der Waals surface area (Å²) in [7, 11) is 1.67. The van der Waals surface area contributed by atoms with Crippen LogP contribution in [0.15, 0.2) is 17.5 Å². The van der Waals surface area contributed by atoms with Gasteiger partial charge in [-0.15, -0.1) is 11.3 Å². The van der Waals surface area contributed by atoms with Gasteiger partial charge in [0.2, 0.25) is 0 Å². The molecule has 1 heterocycles. The molecule has 1 atom stereocenters. The van der Waals surface area contributed by atoms with Gasteiger partial charge in [0.05, 0.1) is 11.7 Å². The van der Waals surface area contributed by atoms with Gasteiger partial charge in [-0.3, -0.25) is 0 Å². The molecule has 0 amide bonds. The molecule has 114 valence electrons. The smallest absolute Gasteiger partial charge is 0.194 e. The zero-order valence-electron chi connectivity index (χ0n) is 12.3. The number of rotatable bonds is 3. The van der Waals surface area contributed by atoms with Crippen LogP contribution in [-0.4, -0.2) is 12.0 Å². The van der Waals surface area contributed by atoms with E-state index in [4.69, 9.17) is 0 Å². The first-order valence-electron chi connectivity index (χ1n) is 6.51. The zero-order chi connectivity index (χ0) is 15.8. The van der Waals surface area contributed by atoms with Crippen molar-refractivity contribution in [1.82, 2.24) is 10.3 Å². The van der Waals surface area contributed by atoms with Crippen LogP contribution in [0.1, 0.15) is 43.1 Å². The second-order valence-electron chi connectivity index (χ2n) is 5.84. The summed E-state index contributed by atoms with van der Waals surface area (Å²) in [6, 6.07) is 1.52. The normalized spacial score (nSPS) is 13.5. The molecule has 1 N–H and O–H groups in total. The zero-order valence-corrected chi connectivity index (χ0v) is 13.1. The SMILES string of the molecule is CNC(c1cc(F)c(F)c(F)c1)c1nc(C(C)(C)C)cs1. The highest BCUT2D eigenvalue weighted by Crippen LogP contribution is 2.30. The third-order valence-corrected chi connectivity index (χ3v) is 4.08. The van der Waals surface area contributed by atoms with E-state index in [2.05, 4.69) is 10.3 Å². The van der Waals surface area contributed by atoms with E-state index in [0.29, 0.717) is 10.6 Å².